The summed E-state index contributed by atoms with van der Waals surface area (Å²) < 4.78 is 18.1. The number of rotatable bonds is 9. The molecule has 5 rings (SSSR count). The third-order valence-electron chi connectivity index (χ3n) is 6.34. The Hall–Kier alpha value is -4.77. The molecule has 39 heavy (non-hydrogen) atoms. The van der Waals surface area contributed by atoms with Crippen LogP contribution in [-0.2, 0) is 13.2 Å². The molecule has 4 aromatic carbocycles. The molecule has 0 bridgehead atoms. The lowest BCUT2D eigenvalue weighted by molar-refractivity contribution is 0.104. The van der Waals surface area contributed by atoms with Crippen molar-refractivity contribution in [2.24, 2.45) is 0 Å². The summed E-state index contributed by atoms with van der Waals surface area (Å²) in [6, 6.07) is 28.7. The van der Waals surface area contributed by atoms with Crippen LogP contribution in [0, 0.1) is 0 Å². The Balaban J connectivity index is 1.35. The Morgan fingerprint density at radius 2 is 1.49 bits per heavy atom. The topological polar surface area (TPSA) is 65.0 Å². The van der Waals surface area contributed by atoms with Gasteiger partial charge in [0, 0.05) is 0 Å². The highest BCUT2D eigenvalue weighted by atomic mass is 16.5. The zero-order valence-corrected chi connectivity index (χ0v) is 22.0. The van der Waals surface area contributed by atoms with Crippen LogP contribution in [0.1, 0.15) is 46.5 Å². The van der Waals surface area contributed by atoms with Gasteiger partial charge in [0.15, 0.2) is 17.3 Å². The van der Waals surface area contributed by atoms with Crippen molar-refractivity contribution in [2.45, 2.75) is 32.7 Å². The van der Waals surface area contributed by atoms with Crippen molar-refractivity contribution in [3.05, 3.63) is 131 Å². The van der Waals surface area contributed by atoms with Gasteiger partial charge in [-0.15, -0.1) is 0 Å². The third-order valence-corrected chi connectivity index (χ3v) is 6.34. The molecule has 0 fully saturated rings. The van der Waals surface area contributed by atoms with Crippen LogP contribution >= 0.6 is 0 Å². The third kappa shape index (κ3) is 6.39. The summed E-state index contributed by atoms with van der Waals surface area (Å²) in [5.41, 5.74) is 3.09. The van der Waals surface area contributed by atoms with Crippen LogP contribution in [0.2, 0.25) is 0 Å². The molecular weight excluding hydrogens is 488 g/mol. The van der Waals surface area contributed by atoms with Crippen LogP contribution in [0.4, 0.5) is 0 Å². The minimum absolute atomic E-state index is 0.0922. The summed E-state index contributed by atoms with van der Waals surface area (Å²) >= 11 is 0. The van der Waals surface area contributed by atoms with E-state index in [2.05, 4.69) is 0 Å². The van der Waals surface area contributed by atoms with Gasteiger partial charge in [-0.25, -0.2) is 0 Å². The summed E-state index contributed by atoms with van der Waals surface area (Å²) in [5.74, 6) is 1.33. The lowest BCUT2D eigenvalue weighted by Gasteiger charge is -2.28. The maximum Gasteiger partial charge on any atom is 0.189 e. The predicted octanol–water partition coefficient (Wildman–Crippen LogP) is 7.63. The molecule has 0 aliphatic carbocycles. The number of aromatic hydroxyl groups is 1. The van der Waals surface area contributed by atoms with Gasteiger partial charge in [-0.2, -0.15) is 0 Å². The number of fused-ring (bicyclic) bond motifs is 1. The monoisotopic (exact) mass is 518 g/mol. The van der Waals surface area contributed by atoms with E-state index in [0.29, 0.717) is 36.0 Å². The van der Waals surface area contributed by atoms with Gasteiger partial charge >= 0.3 is 0 Å². The number of ketones is 1. The SMILES string of the molecule is CC1(C)C=Cc2c(ccc(C(=O)/C=C/c3ccc(OCc4ccccc4)c(OCc4ccccc4)c3)c2O)O1. The number of hydrogen-bond acceptors (Lipinski definition) is 5. The quantitative estimate of drug-likeness (QED) is 0.182. The van der Waals surface area contributed by atoms with Crippen LogP contribution in [-0.4, -0.2) is 16.5 Å². The number of hydrogen-bond donors (Lipinski definition) is 1. The van der Waals surface area contributed by atoms with E-state index < -0.39 is 5.60 Å². The molecule has 1 aliphatic rings. The molecule has 4 aromatic rings. The van der Waals surface area contributed by atoms with E-state index in [1.165, 1.54) is 6.08 Å². The second kappa shape index (κ2) is 11.3. The van der Waals surface area contributed by atoms with Crippen molar-refractivity contribution in [1.29, 1.82) is 0 Å². The Morgan fingerprint density at radius 3 is 2.15 bits per heavy atom. The van der Waals surface area contributed by atoms with Gasteiger partial charge in [0.25, 0.3) is 0 Å². The number of allylic oxidation sites excluding steroid dienone is 1. The molecule has 5 nitrogen and oxygen atoms in total. The summed E-state index contributed by atoms with van der Waals surface area (Å²) in [5, 5.41) is 10.8. The Kier molecular flexibility index (Phi) is 7.50. The van der Waals surface area contributed by atoms with Crippen LogP contribution in [0.25, 0.3) is 12.2 Å². The molecule has 0 amide bonds. The number of carbonyl (C=O) groups excluding carboxylic acids is 1. The molecule has 0 spiro atoms. The smallest absolute Gasteiger partial charge is 0.189 e. The first-order valence-electron chi connectivity index (χ1n) is 12.8. The Morgan fingerprint density at radius 1 is 0.846 bits per heavy atom. The first-order valence-corrected chi connectivity index (χ1v) is 12.8. The van der Waals surface area contributed by atoms with Crippen LogP contribution in [0.15, 0.2) is 103 Å². The molecule has 1 N–H and O–H groups in total. The lowest BCUT2D eigenvalue weighted by atomic mass is 9.98. The molecule has 5 heteroatoms. The van der Waals surface area contributed by atoms with E-state index in [0.717, 1.165) is 16.7 Å². The van der Waals surface area contributed by atoms with E-state index in [-0.39, 0.29) is 17.1 Å². The van der Waals surface area contributed by atoms with Gasteiger partial charge in [0.2, 0.25) is 0 Å². The minimum Gasteiger partial charge on any atom is -0.506 e. The lowest BCUT2D eigenvalue weighted by Crippen LogP contribution is -2.27. The highest BCUT2D eigenvalue weighted by molar-refractivity contribution is 6.09. The number of benzene rings is 4. The zero-order valence-electron chi connectivity index (χ0n) is 22.0. The van der Waals surface area contributed by atoms with Crippen LogP contribution in [0.3, 0.4) is 0 Å². The van der Waals surface area contributed by atoms with Crippen molar-refractivity contribution < 1.29 is 24.1 Å². The largest absolute Gasteiger partial charge is 0.506 e. The van der Waals surface area contributed by atoms with Crippen molar-refractivity contribution in [2.75, 3.05) is 0 Å². The molecule has 196 valence electrons. The van der Waals surface area contributed by atoms with Crippen molar-refractivity contribution in [1.82, 2.24) is 0 Å². The summed E-state index contributed by atoms with van der Waals surface area (Å²) in [6.45, 7) is 4.65. The molecule has 0 saturated heterocycles. The van der Waals surface area contributed by atoms with E-state index in [9.17, 15) is 9.90 Å². The fourth-order valence-electron chi connectivity index (χ4n) is 4.23. The summed E-state index contributed by atoms with van der Waals surface area (Å²) in [7, 11) is 0. The van der Waals surface area contributed by atoms with Gasteiger partial charge in [0.1, 0.15) is 30.3 Å². The molecule has 0 atom stereocenters. The molecule has 0 radical (unpaired) electrons. The molecule has 0 aromatic heterocycles. The van der Waals surface area contributed by atoms with Crippen LogP contribution in [0.5, 0.6) is 23.0 Å². The first kappa shape index (κ1) is 25.9. The molecule has 0 saturated carbocycles. The summed E-state index contributed by atoms with van der Waals surface area (Å²) in [6.07, 6.45) is 6.79. The first-order chi connectivity index (χ1) is 18.9. The predicted molar refractivity (Wildman–Crippen MR) is 153 cm³/mol. The fraction of sp³-hybridized carbons (Fsp3) is 0.147. The maximum atomic E-state index is 13.0. The molecule has 1 heterocycles. The highest BCUT2D eigenvalue weighted by Crippen LogP contribution is 2.38. The number of carbonyl (C=O) groups is 1. The average Bonchev–Trinajstić information content (AvgIpc) is 2.95. The highest BCUT2D eigenvalue weighted by Gasteiger charge is 2.25. The van der Waals surface area contributed by atoms with E-state index in [1.807, 2.05) is 98.8 Å². The van der Waals surface area contributed by atoms with Crippen LogP contribution < -0.4 is 14.2 Å². The number of ether oxygens (including phenoxy) is 3. The number of phenolic OH excluding ortho intramolecular Hbond substituents is 1. The molecular formula is C34H30O5. The number of phenols is 1. The second-order valence-electron chi connectivity index (χ2n) is 9.86. The average molecular weight is 519 g/mol. The Bertz CT molecular complexity index is 1520. The van der Waals surface area contributed by atoms with Crippen molar-refractivity contribution in [3.8, 4) is 23.0 Å². The van der Waals surface area contributed by atoms with Crippen molar-refractivity contribution in [3.63, 3.8) is 0 Å². The maximum absolute atomic E-state index is 13.0. The van der Waals surface area contributed by atoms with Gasteiger partial charge in [0.05, 0.1) is 11.1 Å². The minimum atomic E-state index is -0.470. The fourth-order valence-corrected chi connectivity index (χ4v) is 4.23. The summed E-state index contributed by atoms with van der Waals surface area (Å²) in [4.78, 5) is 13.0. The van der Waals surface area contributed by atoms with Gasteiger partial charge in [-0.05, 0) is 73.0 Å². The van der Waals surface area contributed by atoms with Gasteiger partial charge < -0.3 is 19.3 Å². The normalized spacial score (nSPS) is 13.5. The second-order valence-corrected chi connectivity index (χ2v) is 9.86. The van der Waals surface area contributed by atoms with E-state index in [1.54, 1.807) is 24.3 Å². The Labute approximate surface area is 228 Å². The van der Waals surface area contributed by atoms with E-state index >= 15 is 0 Å². The van der Waals surface area contributed by atoms with Crippen molar-refractivity contribution >= 4 is 17.9 Å². The van der Waals surface area contributed by atoms with Gasteiger partial charge in [-0.1, -0.05) is 72.8 Å². The standard InChI is InChI=1S/C34H30O5/c1-34(2)20-19-28-30(39-34)18-15-27(33(28)36)29(35)16-13-24-14-17-31(37-22-25-9-5-3-6-10-25)32(21-24)38-23-26-11-7-4-8-12-26/h3-21,36H,22-23H2,1-2H3/b16-13+. The van der Waals surface area contributed by atoms with Gasteiger partial charge in [-0.3, -0.25) is 4.79 Å². The zero-order chi connectivity index (χ0) is 27.2. The van der Waals surface area contributed by atoms with E-state index in [4.69, 9.17) is 14.2 Å². The molecule has 0 unspecified atom stereocenters. The molecule has 1 aliphatic heterocycles.